The number of guanidine groups is 1. The zero-order valence-corrected chi connectivity index (χ0v) is 15.4. The number of thiophene rings is 1. The van der Waals surface area contributed by atoms with Crippen molar-refractivity contribution in [2.24, 2.45) is 10.7 Å². The van der Waals surface area contributed by atoms with Gasteiger partial charge in [0, 0.05) is 24.6 Å². The molecule has 0 amide bonds. The van der Waals surface area contributed by atoms with Crippen molar-refractivity contribution in [3.05, 3.63) is 57.8 Å². The Morgan fingerprint density at radius 2 is 2.20 bits per heavy atom. The van der Waals surface area contributed by atoms with Gasteiger partial charge in [-0.05, 0) is 54.7 Å². The lowest BCUT2D eigenvalue weighted by atomic mass is 9.89. The van der Waals surface area contributed by atoms with Crippen molar-refractivity contribution in [3.63, 3.8) is 0 Å². The lowest BCUT2D eigenvalue weighted by molar-refractivity contribution is 0.0403. The molecule has 1 aliphatic carbocycles. The summed E-state index contributed by atoms with van der Waals surface area (Å²) in [6.07, 6.45) is 5.63. The molecule has 3 rings (SSSR count). The zero-order chi connectivity index (χ0) is 17.3. The quantitative estimate of drug-likeness (QED) is 0.430. The van der Waals surface area contributed by atoms with Crippen LogP contribution in [0.3, 0.4) is 0 Å². The van der Waals surface area contributed by atoms with Crippen molar-refractivity contribution in [1.29, 1.82) is 0 Å². The highest BCUT2D eigenvalue weighted by Gasteiger charge is 2.19. The SMILES string of the molecule is NC(=NCCCOC1CCCc2ccccc21)NCCc1cccs1. The van der Waals surface area contributed by atoms with Crippen molar-refractivity contribution in [2.75, 3.05) is 19.7 Å². The number of nitrogens with two attached hydrogens (primary N) is 1. The van der Waals surface area contributed by atoms with Crippen LogP contribution in [0.1, 0.15) is 41.4 Å². The van der Waals surface area contributed by atoms with E-state index in [9.17, 15) is 0 Å². The Morgan fingerprint density at radius 3 is 3.08 bits per heavy atom. The smallest absolute Gasteiger partial charge is 0.188 e. The maximum atomic E-state index is 6.09. The fourth-order valence-electron chi connectivity index (χ4n) is 3.20. The van der Waals surface area contributed by atoms with E-state index in [4.69, 9.17) is 10.5 Å². The number of hydrogen-bond donors (Lipinski definition) is 2. The average Bonchev–Trinajstić information content (AvgIpc) is 3.15. The molecule has 2 aromatic rings. The van der Waals surface area contributed by atoms with E-state index in [1.54, 1.807) is 11.3 Å². The molecule has 134 valence electrons. The third kappa shape index (κ3) is 5.58. The second-order valence-corrected chi connectivity index (χ2v) is 7.36. The third-order valence-corrected chi connectivity index (χ3v) is 5.41. The Kier molecular flexibility index (Phi) is 6.89. The summed E-state index contributed by atoms with van der Waals surface area (Å²) in [7, 11) is 0. The van der Waals surface area contributed by atoms with Gasteiger partial charge in [-0.1, -0.05) is 30.3 Å². The summed E-state index contributed by atoms with van der Waals surface area (Å²) in [5.41, 5.74) is 8.71. The van der Waals surface area contributed by atoms with Gasteiger partial charge in [0.15, 0.2) is 5.96 Å². The van der Waals surface area contributed by atoms with Crippen LogP contribution in [0.25, 0.3) is 0 Å². The maximum Gasteiger partial charge on any atom is 0.188 e. The monoisotopic (exact) mass is 357 g/mol. The Bertz CT molecular complexity index is 669. The number of aryl methyl sites for hydroxylation is 1. The summed E-state index contributed by atoms with van der Waals surface area (Å²) in [4.78, 5) is 5.74. The van der Waals surface area contributed by atoms with Gasteiger partial charge in [0.2, 0.25) is 0 Å². The van der Waals surface area contributed by atoms with E-state index in [0.29, 0.717) is 12.5 Å². The molecule has 1 heterocycles. The standard InChI is InChI=1S/C20H27N3OS/c21-20(23-13-11-17-8-4-15-25-17)22-12-5-14-24-19-10-3-7-16-6-1-2-9-18(16)19/h1-2,4,6,8-9,15,19H,3,5,7,10-14H2,(H3,21,22,23). The molecule has 4 nitrogen and oxygen atoms in total. The molecular formula is C20H27N3OS. The normalized spacial score (nSPS) is 17.3. The Morgan fingerprint density at radius 1 is 1.28 bits per heavy atom. The van der Waals surface area contributed by atoms with Gasteiger partial charge >= 0.3 is 0 Å². The summed E-state index contributed by atoms with van der Waals surface area (Å²) >= 11 is 1.77. The highest BCUT2D eigenvalue weighted by Crippen LogP contribution is 2.32. The van der Waals surface area contributed by atoms with Crippen LogP contribution in [0.4, 0.5) is 0 Å². The molecule has 1 unspecified atom stereocenters. The van der Waals surface area contributed by atoms with Crippen LogP contribution >= 0.6 is 11.3 Å². The molecule has 1 aromatic carbocycles. The van der Waals surface area contributed by atoms with Crippen LogP contribution in [-0.4, -0.2) is 25.7 Å². The zero-order valence-electron chi connectivity index (χ0n) is 14.6. The Balaban J connectivity index is 1.32. The van der Waals surface area contributed by atoms with E-state index in [-0.39, 0.29) is 6.10 Å². The molecule has 0 saturated carbocycles. The van der Waals surface area contributed by atoms with Crippen LogP contribution in [0.5, 0.6) is 0 Å². The molecule has 0 saturated heterocycles. The van der Waals surface area contributed by atoms with Crippen molar-refractivity contribution in [3.8, 4) is 0 Å². The summed E-state index contributed by atoms with van der Waals surface area (Å²) in [5.74, 6) is 0.527. The topological polar surface area (TPSA) is 59.6 Å². The van der Waals surface area contributed by atoms with Crippen LogP contribution in [0.15, 0.2) is 46.8 Å². The van der Waals surface area contributed by atoms with Gasteiger partial charge in [0.25, 0.3) is 0 Å². The minimum Gasteiger partial charge on any atom is -0.373 e. The number of hydrogen-bond acceptors (Lipinski definition) is 3. The van der Waals surface area contributed by atoms with E-state index in [1.165, 1.54) is 28.8 Å². The maximum absolute atomic E-state index is 6.09. The van der Waals surface area contributed by atoms with E-state index >= 15 is 0 Å². The van der Waals surface area contributed by atoms with Crippen LogP contribution in [0.2, 0.25) is 0 Å². The largest absolute Gasteiger partial charge is 0.373 e. The second-order valence-electron chi connectivity index (χ2n) is 6.33. The predicted molar refractivity (Wildman–Crippen MR) is 105 cm³/mol. The third-order valence-electron chi connectivity index (χ3n) is 4.48. The molecule has 0 bridgehead atoms. The minimum atomic E-state index is 0.246. The Labute approximate surface area is 154 Å². The number of fused-ring (bicyclic) bond motifs is 1. The first-order valence-electron chi connectivity index (χ1n) is 9.08. The van der Waals surface area contributed by atoms with Gasteiger partial charge in [-0.3, -0.25) is 4.99 Å². The van der Waals surface area contributed by atoms with Crippen molar-refractivity contribution in [2.45, 2.75) is 38.2 Å². The van der Waals surface area contributed by atoms with Crippen LogP contribution < -0.4 is 11.1 Å². The van der Waals surface area contributed by atoms with Gasteiger partial charge in [0.05, 0.1) is 6.10 Å². The first-order valence-corrected chi connectivity index (χ1v) is 9.96. The molecule has 25 heavy (non-hydrogen) atoms. The lowest BCUT2D eigenvalue weighted by Gasteiger charge is -2.25. The fourth-order valence-corrected chi connectivity index (χ4v) is 3.91. The van der Waals surface area contributed by atoms with Gasteiger partial charge in [-0.15, -0.1) is 11.3 Å². The van der Waals surface area contributed by atoms with Gasteiger partial charge in [-0.2, -0.15) is 0 Å². The van der Waals surface area contributed by atoms with E-state index in [1.807, 2.05) is 0 Å². The summed E-state index contributed by atoms with van der Waals surface area (Å²) in [5, 5.41) is 5.26. The van der Waals surface area contributed by atoms with Crippen molar-refractivity contribution in [1.82, 2.24) is 5.32 Å². The van der Waals surface area contributed by atoms with Crippen molar-refractivity contribution >= 4 is 17.3 Å². The molecule has 1 aromatic heterocycles. The fraction of sp³-hybridized carbons (Fsp3) is 0.450. The van der Waals surface area contributed by atoms with Gasteiger partial charge < -0.3 is 15.8 Å². The van der Waals surface area contributed by atoms with Crippen LogP contribution in [0, 0.1) is 0 Å². The van der Waals surface area contributed by atoms with E-state index in [0.717, 1.165) is 32.4 Å². The lowest BCUT2D eigenvalue weighted by Crippen LogP contribution is -2.33. The molecule has 3 N–H and O–H groups in total. The summed E-state index contributed by atoms with van der Waals surface area (Å²) in [6, 6.07) is 12.9. The number of benzene rings is 1. The number of rotatable bonds is 8. The predicted octanol–water partition coefficient (Wildman–Crippen LogP) is 3.68. The van der Waals surface area contributed by atoms with Crippen LogP contribution in [-0.2, 0) is 17.6 Å². The molecular weight excluding hydrogens is 330 g/mol. The minimum absolute atomic E-state index is 0.246. The molecule has 1 aliphatic rings. The average molecular weight is 358 g/mol. The van der Waals surface area contributed by atoms with Gasteiger partial charge in [-0.25, -0.2) is 0 Å². The van der Waals surface area contributed by atoms with E-state index < -0.39 is 0 Å². The first kappa shape index (κ1) is 18.0. The number of ether oxygens (including phenoxy) is 1. The first-order chi connectivity index (χ1) is 12.3. The molecule has 0 spiro atoms. The number of aliphatic imine (C=N–C) groups is 1. The molecule has 0 aliphatic heterocycles. The second kappa shape index (κ2) is 9.59. The number of nitrogens with one attached hydrogen (secondary N) is 1. The summed E-state index contributed by atoms with van der Waals surface area (Å²) < 4.78 is 6.09. The Hall–Kier alpha value is -1.85. The molecule has 0 fully saturated rings. The molecule has 5 heteroatoms. The summed E-state index contributed by atoms with van der Waals surface area (Å²) in [6.45, 7) is 2.25. The van der Waals surface area contributed by atoms with E-state index in [2.05, 4.69) is 52.1 Å². The molecule has 1 atom stereocenters. The number of nitrogens with zero attached hydrogens (tertiary/aromatic N) is 1. The van der Waals surface area contributed by atoms with Crippen molar-refractivity contribution < 1.29 is 4.74 Å². The highest BCUT2D eigenvalue weighted by atomic mass is 32.1. The van der Waals surface area contributed by atoms with Gasteiger partial charge in [0.1, 0.15) is 0 Å². The molecule has 0 radical (unpaired) electrons. The highest BCUT2D eigenvalue weighted by molar-refractivity contribution is 7.09.